The maximum atomic E-state index is 5.48. The van der Waals surface area contributed by atoms with Gasteiger partial charge in [0.1, 0.15) is 0 Å². The molecule has 0 spiro atoms. The van der Waals surface area contributed by atoms with Crippen molar-refractivity contribution in [2.24, 2.45) is 16.3 Å². The minimum absolute atomic E-state index is 0.216. The molecule has 3 atom stereocenters. The highest BCUT2D eigenvalue weighted by Crippen LogP contribution is 2.43. The molecule has 0 aromatic heterocycles. The van der Waals surface area contributed by atoms with Crippen molar-refractivity contribution >= 4 is 16.9 Å². The molecular weight excluding hydrogens is 244 g/mol. The van der Waals surface area contributed by atoms with E-state index in [4.69, 9.17) is 4.74 Å². The van der Waals surface area contributed by atoms with Crippen LogP contribution in [0, 0.1) is 11.3 Å². The van der Waals surface area contributed by atoms with Gasteiger partial charge >= 0.3 is 0 Å². The highest BCUT2D eigenvalue weighted by molar-refractivity contribution is 8.14. The Morgan fingerprint density at radius 2 is 2.22 bits per heavy atom. The van der Waals surface area contributed by atoms with E-state index in [1.807, 2.05) is 18.9 Å². The van der Waals surface area contributed by atoms with Crippen LogP contribution in [0.5, 0.6) is 0 Å². The number of nitrogens with one attached hydrogen (secondary N) is 1. The Balaban J connectivity index is 1.79. The molecule has 18 heavy (non-hydrogen) atoms. The van der Waals surface area contributed by atoms with Gasteiger partial charge in [0.25, 0.3) is 0 Å². The average Bonchev–Trinajstić information content (AvgIpc) is 2.70. The van der Waals surface area contributed by atoms with E-state index in [1.165, 1.54) is 6.42 Å². The zero-order valence-electron chi connectivity index (χ0n) is 12.2. The molecule has 1 N–H and O–H groups in total. The van der Waals surface area contributed by atoms with Gasteiger partial charge in [0.2, 0.25) is 0 Å². The number of rotatable bonds is 4. The Morgan fingerprint density at radius 3 is 2.78 bits per heavy atom. The minimum Gasteiger partial charge on any atom is -0.381 e. The molecule has 0 amide bonds. The molecule has 104 valence electrons. The van der Waals surface area contributed by atoms with Gasteiger partial charge in [-0.1, -0.05) is 39.5 Å². The van der Waals surface area contributed by atoms with Crippen molar-refractivity contribution in [3.05, 3.63) is 0 Å². The second-order valence-electron chi connectivity index (χ2n) is 6.49. The molecule has 1 aliphatic heterocycles. The monoisotopic (exact) mass is 270 g/mol. The standard InChI is InChI=1S/C14H26N2OS/c1-9(2)6-10-8-15-13(18-10)16-11-7-12(17-5)14(11,3)4/h9-12H,6-8H2,1-5H3,(H,15,16). The summed E-state index contributed by atoms with van der Waals surface area (Å²) in [4.78, 5) is 4.64. The molecule has 1 fully saturated rings. The van der Waals surface area contributed by atoms with Gasteiger partial charge in [-0.2, -0.15) is 0 Å². The van der Waals surface area contributed by atoms with Crippen molar-refractivity contribution < 1.29 is 4.74 Å². The van der Waals surface area contributed by atoms with E-state index < -0.39 is 0 Å². The number of hydrogen-bond donors (Lipinski definition) is 1. The quantitative estimate of drug-likeness (QED) is 0.853. The topological polar surface area (TPSA) is 33.6 Å². The summed E-state index contributed by atoms with van der Waals surface area (Å²) in [6, 6.07) is 0.506. The van der Waals surface area contributed by atoms with E-state index in [2.05, 4.69) is 38.0 Å². The van der Waals surface area contributed by atoms with Crippen LogP contribution in [0.15, 0.2) is 4.99 Å². The maximum absolute atomic E-state index is 5.48. The lowest BCUT2D eigenvalue weighted by molar-refractivity contribution is -0.0917. The number of nitrogens with zero attached hydrogens (tertiary/aromatic N) is 1. The Kier molecular flexibility index (Phi) is 4.27. The van der Waals surface area contributed by atoms with E-state index >= 15 is 0 Å². The van der Waals surface area contributed by atoms with Crippen molar-refractivity contribution in [2.45, 2.75) is 57.9 Å². The Bertz CT molecular complexity index is 328. The van der Waals surface area contributed by atoms with Crippen LogP contribution in [0.3, 0.4) is 0 Å². The summed E-state index contributed by atoms with van der Waals surface area (Å²) in [5, 5.41) is 5.43. The third-order valence-electron chi connectivity index (χ3n) is 4.21. The van der Waals surface area contributed by atoms with Gasteiger partial charge in [0, 0.05) is 23.8 Å². The van der Waals surface area contributed by atoms with Gasteiger partial charge < -0.3 is 10.1 Å². The van der Waals surface area contributed by atoms with Crippen LogP contribution in [-0.4, -0.2) is 36.2 Å². The molecule has 3 unspecified atom stereocenters. The van der Waals surface area contributed by atoms with Gasteiger partial charge in [0.05, 0.1) is 12.6 Å². The Morgan fingerprint density at radius 1 is 1.50 bits per heavy atom. The molecule has 0 aromatic carbocycles. The number of ether oxygens (including phenoxy) is 1. The first kappa shape index (κ1) is 14.2. The predicted molar refractivity (Wildman–Crippen MR) is 79.3 cm³/mol. The van der Waals surface area contributed by atoms with Crippen LogP contribution < -0.4 is 5.32 Å². The first-order valence-electron chi connectivity index (χ1n) is 6.94. The zero-order chi connectivity index (χ0) is 13.3. The summed E-state index contributed by atoms with van der Waals surface area (Å²) in [6.45, 7) is 10.1. The van der Waals surface area contributed by atoms with Crippen LogP contribution in [0.1, 0.15) is 40.5 Å². The number of thioether (sulfide) groups is 1. The minimum atomic E-state index is 0.216. The summed E-state index contributed by atoms with van der Waals surface area (Å²) >= 11 is 1.92. The normalized spacial score (nSPS) is 34.3. The molecule has 0 bridgehead atoms. The van der Waals surface area contributed by atoms with Crippen molar-refractivity contribution in [2.75, 3.05) is 13.7 Å². The summed E-state index contributed by atoms with van der Waals surface area (Å²) < 4.78 is 5.48. The molecular formula is C14H26N2OS. The molecule has 1 aliphatic carbocycles. The fraction of sp³-hybridized carbons (Fsp3) is 0.929. The molecule has 0 radical (unpaired) electrons. The lowest BCUT2D eigenvalue weighted by Gasteiger charge is -2.51. The first-order chi connectivity index (χ1) is 8.43. The van der Waals surface area contributed by atoms with E-state index in [0.717, 1.165) is 24.1 Å². The molecule has 0 saturated heterocycles. The molecule has 0 aromatic rings. The van der Waals surface area contributed by atoms with Crippen molar-refractivity contribution in [1.82, 2.24) is 5.32 Å². The maximum Gasteiger partial charge on any atom is 0.157 e. The summed E-state index contributed by atoms with van der Waals surface area (Å²) in [6.07, 6.45) is 2.74. The van der Waals surface area contributed by atoms with Crippen molar-refractivity contribution in [1.29, 1.82) is 0 Å². The third kappa shape index (κ3) is 2.85. The summed E-state index contributed by atoms with van der Waals surface area (Å²) in [5.41, 5.74) is 0.216. The van der Waals surface area contributed by atoms with Crippen molar-refractivity contribution in [3.8, 4) is 0 Å². The lowest BCUT2D eigenvalue weighted by Crippen LogP contribution is -2.61. The van der Waals surface area contributed by atoms with Gasteiger partial charge in [0.15, 0.2) is 5.17 Å². The number of aliphatic imine (C=N–C) groups is 1. The largest absolute Gasteiger partial charge is 0.381 e. The summed E-state index contributed by atoms with van der Waals surface area (Å²) in [5.74, 6) is 0.759. The van der Waals surface area contributed by atoms with Crippen LogP contribution in [0.2, 0.25) is 0 Å². The van der Waals surface area contributed by atoms with E-state index in [1.54, 1.807) is 0 Å². The number of amidine groups is 1. The van der Waals surface area contributed by atoms with Crippen LogP contribution in [0.4, 0.5) is 0 Å². The fourth-order valence-electron chi connectivity index (χ4n) is 2.82. The molecule has 1 heterocycles. The smallest absolute Gasteiger partial charge is 0.157 e. The second-order valence-corrected chi connectivity index (χ2v) is 7.78. The third-order valence-corrected chi connectivity index (χ3v) is 5.36. The van der Waals surface area contributed by atoms with Crippen LogP contribution in [0.25, 0.3) is 0 Å². The summed E-state index contributed by atoms with van der Waals surface area (Å²) in [7, 11) is 1.81. The highest BCUT2D eigenvalue weighted by atomic mass is 32.2. The van der Waals surface area contributed by atoms with Crippen LogP contribution in [-0.2, 0) is 4.74 Å². The van der Waals surface area contributed by atoms with E-state index in [0.29, 0.717) is 17.4 Å². The number of hydrogen-bond acceptors (Lipinski definition) is 4. The SMILES string of the molecule is COC1CC(NC2=NCC(CC(C)C)S2)C1(C)C. The Hall–Kier alpha value is -0.220. The van der Waals surface area contributed by atoms with Gasteiger partial charge in [-0.05, 0) is 18.8 Å². The zero-order valence-corrected chi connectivity index (χ0v) is 13.0. The molecule has 1 saturated carbocycles. The first-order valence-corrected chi connectivity index (χ1v) is 7.82. The van der Waals surface area contributed by atoms with Gasteiger partial charge in [-0.15, -0.1) is 0 Å². The van der Waals surface area contributed by atoms with E-state index in [9.17, 15) is 0 Å². The van der Waals surface area contributed by atoms with Crippen LogP contribution >= 0.6 is 11.8 Å². The fourth-order valence-corrected chi connectivity index (χ4v) is 4.13. The second kappa shape index (κ2) is 5.41. The van der Waals surface area contributed by atoms with Crippen molar-refractivity contribution in [3.63, 3.8) is 0 Å². The van der Waals surface area contributed by atoms with Gasteiger partial charge in [-0.25, -0.2) is 0 Å². The van der Waals surface area contributed by atoms with Gasteiger partial charge in [-0.3, -0.25) is 4.99 Å². The van der Waals surface area contributed by atoms with E-state index in [-0.39, 0.29) is 5.41 Å². The molecule has 2 aliphatic rings. The Labute approximate surface area is 115 Å². The lowest BCUT2D eigenvalue weighted by atomic mass is 9.64. The highest BCUT2D eigenvalue weighted by Gasteiger charge is 2.49. The average molecular weight is 270 g/mol. The molecule has 2 rings (SSSR count). The molecule has 4 heteroatoms. The molecule has 3 nitrogen and oxygen atoms in total. The number of methoxy groups -OCH3 is 1. The predicted octanol–water partition coefficient (Wildman–Crippen LogP) is 2.91.